The minimum Gasteiger partial charge on any atom is -0.467 e. The summed E-state index contributed by atoms with van der Waals surface area (Å²) < 4.78 is 38.1. The Hall–Kier alpha value is -2.61. The van der Waals surface area contributed by atoms with Crippen molar-refractivity contribution in [3.05, 3.63) is 28.2 Å². The summed E-state index contributed by atoms with van der Waals surface area (Å²) in [6, 6.07) is 1.79. The number of carbonyl (C=O) groups is 4. The molecule has 4 rings (SSSR count). The lowest BCUT2D eigenvalue weighted by Crippen LogP contribution is -2.51. The number of amides is 3. The summed E-state index contributed by atoms with van der Waals surface area (Å²) in [5.41, 5.74) is 0. The van der Waals surface area contributed by atoms with Crippen molar-refractivity contribution in [1.82, 2.24) is 19.4 Å². The van der Waals surface area contributed by atoms with E-state index in [0.717, 1.165) is 49.5 Å². The fourth-order valence-corrected chi connectivity index (χ4v) is 8.35. The highest BCUT2D eigenvalue weighted by molar-refractivity contribution is 7.89. The number of piperidine rings is 1. The van der Waals surface area contributed by atoms with Gasteiger partial charge in [-0.05, 0) is 75.5 Å². The van der Waals surface area contributed by atoms with Crippen LogP contribution in [-0.2, 0) is 33.9 Å². The first-order valence-electron chi connectivity index (χ1n) is 15.0. The van der Waals surface area contributed by atoms with E-state index in [1.165, 1.54) is 25.3 Å². The van der Waals surface area contributed by atoms with E-state index in [-0.39, 0.29) is 52.7 Å². The molecule has 0 bridgehead atoms. The van der Waals surface area contributed by atoms with Crippen molar-refractivity contribution >= 4 is 57.1 Å². The smallest absolute Gasteiger partial charge is 0.409 e. The van der Waals surface area contributed by atoms with Crippen LogP contribution < -0.4 is 5.32 Å². The molecule has 0 aromatic heterocycles. The topological polar surface area (TPSA) is 143 Å². The van der Waals surface area contributed by atoms with E-state index in [2.05, 4.69) is 5.32 Å². The van der Waals surface area contributed by atoms with Gasteiger partial charge in [-0.3, -0.25) is 9.59 Å². The molecule has 1 aromatic rings. The van der Waals surface area contributed by atoms with Crippen LogP contribution in [0.3, 0.4) is 0 Å². The number of hydrogen-bond donors (Lipinski definition) is 1. The average molecular weight is 676 g/mol. The van der Waals surface area contributed by atoms with Crippen molar-refractivity contribution in [1.29, 1.82) is 0 Å². The Kier molecular flexibility index (Phi) is 12.1. The molecule has 2 atom stereocenters. The predicted molar refractivity (Wildman–Crippen MR) is 163 cm³/mol. The standard InChI is InChI=1S/C29H40Cl2N4O8S/c1-42-28(38)24(32-27(37)25-5-4-13-35(25)44(40,41)23-18-21(30)17-22(31)19-23)6-7-26(36)33-14-8-20(9-15-33)10-16-43-29(39)34-11-2-3-12-34/h17-20,24-25H,2-16H2,1H3,(H,32,37)/t24-,25-/m0/s1. The highest BCUT2D eigenvalue weighted by atomic mass is 35.5. The lowest BCUT2D eigenvalue weighted by atomic mass is 9.93. The van der Waals surface area contributed by atoms with Gasteiger partial charge in [-0.1, -0.05) is 23.2 Å². The van der Waals surface area contributed by atoms with E-state index in [9.17, 15) is 27.6 Å². The minimum absolute atomic E-state index is 0.00581. The zero-order chi connectivity index (χ0) is 31.9. The molecule has 3 amide bonds. The quantitative estimate of drug-likeness (QED) is 0.352. The van der Waals surface area contributed by atoms with E-state index < -0.39 is 34.0 Å². The second-order valence-electron chi connectivity index (χ2n) is 11.4. The van der Waals surface area contributed by atoms with Crippen LogP contribution in [0, 0.1) is 5.92 Å². The van der Waals surface area contributed by atoms with Crippen molar-refractivity contribution in [3.63, 3.8) is 0 Å². The maximum atomic E-state index is 13.3. The van der Waals surface area contributed by atoms with Crippen LogP contribution in [0.25, 0.3) is 0 Å². The zero-order valence-corrected chi connectivity index (χ0v) is 27.2. The first-order chi connectivity index (χ1) is 21.0. The molecule has 1 aromatic carbocycles. The number of likely N-dealkylation sites (tertiary alicyclic amines) is 2. The fraction of sp³-hybridized carbons (Fsp3) is 0.655. The number of esters is 1. The number of ether oxygens (including phenoxy) is 2. The number of nitrogens with zero attached hydrogens (tertiary/aromatic N) is 3. The van der Waals surface area contributed by atoms with E-state index in [0.29, 0.717) is 32.0 Å². The fourth-order valence-electron chi connectivity index (χ4n) is 5.96. The van der Waals surface area contributed by atoms with Gasteiger partial charge in [0.15, 0.2) is 0 Å². The molecule has 3 fully saturated rings. The first kappa shape index (κ1) is 34.3. The molecule has 44 heavy (non-hydrogen) atoms. The Morgan fingerprint density at radius 2 is 1.59 bits per heavy atom. The zero-order valence-electron chi connectivity index (χ0n) is 24.8. The Balaban J connectivity index is 1.26. The molecule has 0 radical (unpaired) electrons. The Labute approximate surface area is 268 Å². The van der Waals surface area contributed by atoms with Crippen LogP contribution in [-0.4, -0.2) is 105 Å². The van der Waals surface area contributed by atoms with Gasteiger partial charge < -0.3 is 24.6 Å². The Bertz CT molecular complexity index is 1300. The third kappa shape index (κ3) is 8.76. The summed E-state index contributed by atoms with van der Waals surface area (Å²) in [5.74, 6) is -1.16. The molecule has 0 unspecified atom stereocenters. The monoisotopic (exact) mass is 674 g/mol. The van der Waals surface area contributed by atoms with Gasteiger partial charge in [0.25, 0.3) is 0 Å². The van der Waals surface area contributed by atoms with Gasteiger partial charge in [-0.2, -0.15) is 4.31 Å². The van der Waals surface area contributed by atoms with Crippen molar-refractivity contribution < 1.29 is 37.1 Å². The number of halogens is 2. The largest absolute Gasteiger partial charge is 0.467 e. The lowest BCUT2D eigenvalue weighted by Gasteiger charge is -2.32. The SMILES string of the molecule is COC(=O)[C@H](CCC(=O)N1CCC(CCOC(=O)N2CCCC2)CC1)NC(=O)[C@@H]1CCCN1S(=O)(=O)c1cc(Cl)cc(Cl)c1. The van der Waals surface area contributed by atoms with E-state index >= 15 is 0 Å². The predicted octanol–water partition coefficient (Wildman–Crippen LogP) is 3.45. The summed E-state index contributed by atoms with van der Waals surface area (Å²) >= 11 is 12.0. The molecule has 3 heterocycles. The molecule has 15 heteroatoms. The molecule has 1 N–H and O–H groups in total. The molecule has 3 saturated heterocycles. The molecular weight excluding hydrogens is 635 g/mol. The van der Waals surface area contributed by atoms with E-state index in [1.54, 1.807) is 9.80 Å². The summed E-state index contributed by atoms with van der Waals surface area (Å²) in [5, 5.41) is 2.91. The van der Waals surface area contributed by atoms with Crippen LogP contribution in [0.15, 0.2) is 23.1 Å². The van der Waals surface area contributed by atoms with Crippen molar-refractivity contribution in [2.24, 2.45) is 5.92 Å². The van der Waals surface area contributed by atoms with Crippen molar-refractivity contribution in [2.45, 2.75) is 74.8 Å². The second-order valence-corrected chi connectivity index (χ2v) is 14.2. The van der Waals surface area contributed by atoms with Crippen LogP contribution >= 0.6 is 23.2 Å². The van der Waals surface area contributed by atoms with Gasteiger partial charge in [-0.15, -0.1) is 0 Å². The first-order valence-corrected chi connectivity index (χ1v) is 17.2. The molecule has 3 aliphatic heterocycles. The van der Waals surface area contributed by atoms with Gasteiger partial charge in [0.2, 0.25) is 21.8 Å². The average Bonchev–Trinajstić information content (AvgIpc) is 3.72. The van der Waals surface area contributed by atoms with Crippen molar-refractivity contribution in [2.75, 3.05) is 46.4 Å². The van der Waals surface area contributed by atoms with Gasteiger partial charge >= 0.3 is 12.1 Å². The maximum absolute atomic E-state index is 13.3. The second kappa shape index (κ2) is 15.6. The third-order valence-electron chi connectivity index (χ3n) is 8.48. The molecule has 12 nitrogen and oxygen atoms in total. The Morgan fingerprint density at radius 3 is 2.23 bits per heavy atom. The number of benzene rings is 1. The van der Waals surface area contributed by atoms with Crippen LogP contribution in [0.2, 0.25) is 10.0 Å². The summed E-state index contributed by atoms with van der Waals surface area (Å²) in [6.45, 7) is 3.09. The third-order valence-corrected chi connectivity index (χ3v) is 10.8. The van der Waals surface area contributed by atoms with Crippen LogP contribution in [0.5, 0.6) is 0 Å². The summed E-state index contributed by atoms with van der Waals surface area (Å²) in [6.07, 6.45) is 4.81. The number of rotatable bonds is 11. The van der Waals surface area contributed by atoms with Gasteiger partial charge in [0.1, 0.15) is 12.1 Å². The van der Waals surface area contributed by atoms with E-state index in [1.807, 2.05) is 0 Å². The minimum atomic E-state index is -4.10. The van der Waals surface area contributed by atoms with Gasteiger partial charge in [0, 0.05) is 49.2 Å². The van der Waals surface area contributed by atoms with Gasteiger partial charge in [0.05, 0.1) is 18.6 Å². The number of sulfonamides is 1. The molecule has 244 valence electrons. The lowest BCUT2D eigenvalue weighted by molar-refractivity contribution is -0.146. The molecule has 0 spiro atoms. The maximum Gasteiger partial charge on any atom is 0.409 e. The molecular formula is C29H40Cl2N4O8S. The molecule has 3 aliphatic rings. The van der Waals surface area contributed by atoms with Crippen LogP contribution in [0.4, 0.5) is 4.79 Å². The number of methoxy groups -OCH3 is 1. The van der Waals surface area contributed by atoms with Crippen molar-refractivity contribution in [3.8, 4) is 0 Å². The van der Waals surface area contributed by atoms with E-state index in [4.69, 9.17) is 32.7 Å². The number of nitrogens with one attached hydrogen (secondary N) is 1. The number of hydrogen-bond acceptors (Lipinski definition) is 8. The summed E-state index contributed by atoms with van der Waals surface area (Å²) in [4.78, 5) is 54.2. The van der Waals surface area contributed by atoms with Gasteiger partial charge in [-0.25, -0.2) is 18.0 Å². The van der Waals surface area contributed by atoms with Crippen LogP contribution in [0.1, 0.15) is 57.8 Å². The summed E-state index contributed by atoms with van der Waals surface area (Å²) in [7, 11) is -2.91. The molecule has 0 saturated carbocycles. The normalized spacial score (nSPS) is 20.4. The highest BCUT2D eigenvalue weighted by Gasteiger charge is 2.41. The Morgan fingerprint density at radius 1 is 0.932 bits per heavy atom. The molecule has 0 aliphatic carbocycles. The highest BCUT2D eigenvalue weighted by Crippen LogP contribution is 2.30. The number of carbonyl (C=O) groups excluding carboxylic acids is 4.